The lowest BCUT2D eigenvalue weighted by Gasteiger charge is -2.12. The van der Waals surface area contributed by atoms with Gasteiger partial charge in [0.2, 0.25) is 11.8 Å². The van der Waals surface area contributed by atoms with E-state index in [4.69, 9.17) is 4.74 Å². The van der Waals surface area contributed by atoms with Crippen molar-refractivity contribution < 1.29 is 9.84 Å². The highest BCUT2D eigenvalue weighted by molar-refractivity contribution is 5.28. The first-order valence-corrected chi connectivity index (χ1v) is 6.08. The van der Waals surface area contributed by atoms with Crippen molar-refractivity contribution in [1.29, 1.82) is 0 Å². The fraction of sp³-hybridized carbons (Fsp3) is 0.667. The molecule has 5 nitrogen and oxygen atoms in total. The van der Waals surface area contributed by atoms with E-state index in [9.17, 15) is 5.11 Å². The molecule has 0 saturated heterocycles. The van der Waals surface area contributed by atoms with Gasteiger partial charge in [-0.05, 0) is 19.3 Å². The van der Waals surface area contributed by atoms with Gasteiger partial charge in [-0.25, -0.2) is 4.98 Å². The van der Waals surface area contributed by atoms with Crippen molar-refractivity contribution in [3.05, 3.63) is 12.3 Å². The minimum absolute atomic E-state index is 0.0592. The van der Waals surface area contributed by atoms with Gasteiger partial charge in [0, 0.05) is 24.2 Å². The monoisotopic (exact) mass is 237 g/mol. The standard InChI is InChI=1S/C12H19N3O2/c1-2-7-17-10-3-6-13-11(15-10)14-8-12(9-16)4-5-12/h3,6,16H,2,4-5,7-9H2,1H3,(H,13,14,15). The molecule has 1 aliphatic carbocycles. The molecule has 0 amide bonds. The number of hydrogen-bond acceptors (Lipinski definition) is 5. The van der Waals surface area contributed by atoms with E-state index < -0.39 is 0 Å². The summed E-state index contributed by atoms with van der Waals surface area (Å²) in [6.07, 6.45) is 4.78. The molecule has 0 bridgehead atoms. The van der Waals surface area contributed by atoms with Crippen LogP contribution in [0.15, 0.2) is 12.3 Å². The van der Waals surface area contributed by atoms with E-state index >= 15 is 0 Å². The number of nitrogens with zero attached hydrogens (tertiary/aromatic N) is 2. The van der Waals surface area contributed by atoms with Gasteiger partial charge >= 0.3 is 0 Å². The van der Waals surface area contributed by atoms with Crippen LogP contribution in [0.5, 0.6) is 5.88 Å². The minimum atomic E-state index is 0.0592. The van der Waals surface area contributed by atoms with Crippen LogP contribution in [0.2, 0.25) is 0 Å². The van der Waals surface area contributed by atoms with Crippen LogP contribution in [0.3, 0.4) is 0 Å². The lowest BCUT2D eigenvalue weighted by atomic mass is 10.1. The van der Waals surface area contributed by atoms with Gasteiger partial charge < -0.3 is 15.2 Å². The summed E-state index contributed by atoms with van der Waals surface area (Å²) in [6.45, 7) is 3.67. The van der Waals surface area contributed by atoms with E-state index in [2.05, 4.69) is 22.2 Å². The fourth-order valence-electron chi connectivity index (χ4n) is 1.55. The highest BCUT2D eigenvalue weighted by Crippen LogP contribution is 2.44. The normalized spacial score (nSPS) is 16.6. The maximum Gasteiger partial charge on any atom is 0.225 e. The Labute approximate surface area is 101 Å². The quantitative estimate of drug-likeness (QED) is 0.751. The third-order valence-corrected chi connectivity index (χ3v) is 3.00. The zero-order valence-corrected chi connectivity index (χ0v) is 10.1. The van der Waals surface area contributed by atoms with Crippen molar-refractivity contribution in [2.45, 2.75) is 26.2 Å². The maximum atomic E-state index is 9.20. The highest BCUT2D eigenvalue weighted by Gasteiger charge is 2.41. The maximum absolute atomic E-state index is 9.20. The molecular weight excluding hydrogens is 218 g/mol. The molecule has 1 aromatic heterocycles. The van der Waals surface area contributed by atoms with Crippen LogP contribution in [0, 0.1) is 5.41 Å². The Morgan fingerprint density at radius 1 is 1.53 bits per heavy atom. The van der Waals surface area contributed by atoms with E-state index in [1.807, 2.05) is 0 Å². The molecule has 0 aromatic carbocycles. The van der Waals surface area contributed by atoms with E-state index in [1.54, 1.807) is 12.3 Å². The Kier molecular flexibility index (Phi) is 3.78. The average Bonchev–Trinajstić information content (AvgIpc) is 3.15. The molecular formula is C12H19N3O2. The summed E-state index contributed by atoms with van der Waals surface area (Å²) in [5, 5.41) is 12.4. The first kappa shape index (κ1) is 12.1. The van der Waals surface area contributed by atoms with Crippen molar-refractivity contribution in [1.82, 2.24) is 9.97 Å². The smallest absolute Gasteiger partial charge is 0.225 e. The summed E-state index contributed by atoms with van der Waals surface area (Å²) < 4.78 is 5.43. The molecule has 0 atom stereocenters. The zero-order chi connectivity index (χ0) is 12.1. The largest absolute Gasteiger partial charge is 0.478 e. The Hall–Kier alpha value is -1.36. The molecule has 5 heteroatoms. The predicted molar refractivity (Wildman–Crippen MR) is 65.1 cm³/mol. The Balaban J connectivity index is 1.87. The molecule has 17 heavy (non-hydrogen) atoms. The summed E-state index contributed by atoms with van der Waals surface area (Å²) in [4.78, 5) is 8.38. The van der Waals surface area contributed by atoms with E-state index in [0.29, 0.717) is 18.4 Å². The molecule has 2 N–H and O–H groups in total. The van der Waals surface area contributed by atoms with Crippen molar-refractivity contribution >= 4 is 5.95 Å². The molecule has 2 rings (SSSR count). The molecule has 1 heterocycles. The number of rotatable bonds is 7. The summed E-state index contributed by atoms with van der Waals surface area (Å²) in [7, 11) is 0. The predicted octanol–water partition coefficient (Wildman–Crippen LogP) is 1.45. The molecule has 1 fully saturated rings. The first-order chi connectivity index (χ1) is 8.28. The van der Waals surface area contributed by atoms with Gasteiger partial charge in [0.25, 0.3) is 0 Å². The molecule has 0 unspecified atom stereocenters. The van der Waals surface area contributed by atoms with Crippen LogP contribution >= 0.6 is 0 Å². The summed E-state index contributed by atoms with van der Waals surface area (Å²) in [5.74, 6) is 1.16. The van der Waals surface area contributed by atoms with E-state index in [1.165, 1.54) is 0 Å². The second kappa shape index (κ2) is 5.31. The average molecular weight is 237 g/mol. The first-order valence-electron chi connectivity index (χ1n) is 6.08. The lowest BCUT2D eigenvalue weighted by Crippen LogP contribution is -2.20. The highest BCUT2D eigenvalue weighted by atomic mass is 16.5. The van der Waals surface area contributed by atoms with Crippen molar-refractivity contribution in [3.63, 3.8) is 0 Å². The molecule has 1 aliphatic rings. The SMILES string of the molecule is CCCOc1ccnc(NCC2(CO)CC2)n1. The van der Waals surface area contributed by atoms with Crippen molar-refractivity contribution in [3.8, 4) is 5.88 Å². The lowest BCUT2D eigenvalue weighted by molar-refractivity contribution is 0.219. The fourth-order valence-corrected chi connectivity index (χ4v) is 1.55. The molecule has 0 radical (unpaired) electrons. The number of ether oxygens (including phenoxy) is 1. The van der Waals surface area contributed by atoms with Gasteiger partial charge in [0.1, 0.15) is 0 Å². The number of aliphatic hydroxyl groups excluding tert-OH is 1. The number of nitrogens with one attached hydrogen (secondary N) is 1. The number of anilines is 1. The van der Waals surface area contributed by atoms with Gasteiger partial charge in [-0.3, -0.25) is 0 Å². The van der Waals surface area contributed by atoms with Crippen LogP contribution in [0.4, 0.5) is 5.95 Å². The van der Waals surface area contributed by atoms with Crippen LogP contribution in [-0.4, -0.2) is 34.8 Å². The Morgan fingerprint density at radius 3 is 3.00 bits per heavy atom. The number of aliphatic hydroxyl groups is 1. The van der Waals surface area contributed by atoms with Crippen LogP contribution < -0.4 is 10.1 Å². The van der Waals surface area contributed by atoms with Gasteiger partial charge in [0.05, 0.1) is 13.2 Å². The van der Waals surface area contributed by atoms with Gasteiger partial charge in [0.15, 0.2) is 0 Å². The Morgan fingerprint density at radius 2 is 2.35 bits per heavy atom. The molecule has 0 aliphatic heterocycles. The number of hydrogen-bond donors (Lipinski definition) is 2. The van der Waals surface area contributed by atoms with E-state index in [-0.39, 0.29) is 12.0 Å². The third kappa shape index (κ3) is 3.30. The third-order valence-electron chi connectivity index (χ3n) is 3.00. The summed E-state index contributed by atoms with van der Waals surface area (Å²) in [6, 6.07) is 1.75. The summed E-state index contributed by atoms with van der Waals surface area (Å²) in [5.41, 5.74) is 0.0592. The van der Waals surface area contributed by atoms with Gasteiger partial charge in [-0.1, -0.05) is 6.92 Å². The summed E-state index contributed by atoms with van der Waals surface area (Å²) >= 11 is 0. The second-order valence-electron chi connectivity index (χ2n) is 4.58. The topological polar surface area (TPSA) is 67.3 Å². The van der Waals surface area contributed by atoms with Gasteiger partial charge in [-0.2, -0.15) is 4.98 Å². The Bertz CT molecular complexity index is 367. The van der Waals surface area contributed by atoms with Crippen LogP contribution in [0.25, 0.3) is 0 Å². The van der Waals surface area contributed by atoms with Crippen LogP contribution in [0.1, 0.15) is 26.2 Å². The molecule has 94 valence electrons. The number of aromatic nitrogens is 2. The van der Waals surface area contributed by atoms with Crippen molar-refractivity contribution in [2.75, 3.05) is 25.1 Å². The van der Waals surface area contributed by atoms with E-state index in [0.717, 1.165) is 25.8 Å². The minimum Gasteiger partial charge on any atom is -0.478 e. The molecule has 1 aromatic rings. The molecule has 0 spiro atoms. The zero-order valence-electron chi connectivity index (χ0n) is 10.1. The van der Waals surface area contributed by atoms with Crippen LogP contribution in [-0.2, 0) is 0 Å². The van der Waals surface area contributed by atoms with Crippen molar-refractivity contribution in [2.24, 2.45) is 5.41 Å². The second-order valence-corrected chi connectivity index (χ2v) is 4.58. The molecule has 1 saturated carbocycles. The van der Waals surface area contributed by atoms with Gasteiger partial charge in [-0.15, -0.1) is 0 Å².